The summed E-state index contributed by atoms with van der Waals surface area (Å²) in [5.74, 6) is -2.06. The Morgan fingerprint density at radius 1 is 1.30 bits per heavy atom. The molecule has 0 aliphatic carbocycles. The second kappa shape index (κ2) is 8.01. The summed E-state index contributed by atoms with van der Waals surface area (Å²) in [6.45, 7) is -0.0136. The minimum absolute atomic E-state index is 0.241. The third-order valence-corrected chi connectivity index (χ3v) is 2.16. The molecule has 0 saturated heterocycles. The van der Waals surface area contributed by atoms with E-state index in [2.05, 4.69) is 19.7 Å². The van der Waals surface area contributed by atoms with Crippen LogP contribution in [0.5, 0.6) is 5.88 Å². The number of carbonyl (C=O) groups excluding carboxylic acids is 1. The number of rotatable bonds is 3. The van der Waals surface area contributed by atoms with Gasteiger partial charge in [-0.15, -0.1) is 0 Å². The van der Waals surface area contributed by atoms with Crippen LogP contribution >= 0.6 is 0 Å². The Balaban J connectivity index is 0.000000253. The van der Waals surface area contributed by atoms with Crippen LogP contribution in [0.2, 0.25) is 0 Å². The van der Waals surface area contributed by atoms with Crippen molar-refractivity contribution in [3.8, 4) is 5.88 Å². The van der Waals surface area contributed by atoms with E-state index in [0.29, 0.717) is 5.69 Å². The zero-order valence-electron chi connectivity index (χ0n) is 11.8. The highest BCUT2D eigenvalue weighted by atomic mass is 19.4. The Morgan fingerprint density at radius 2 is 2.00 bits per heavy atom. The molecule has 0 aliphatic heterocycles. The first-order chi connectivity index (χ1) is 10.7. The van der Waals surface area contributed by atoms with Gasteiger partial charge in [0.25, 0.3) is 11.8 Å². The van der Waals surface area contributed by atoms with E-state index in [1.54, 1.807) is 0 Å². The van der Waals surface area contributed by atoms with Crippen molar-refractivity contribution < 1.29 is 27.1 Å². The minimum Gasteiger partial charge on any atom is -0.466 e. The van der Waals surface area contributed by atoms with E-state index < -0.39 is 30.4 Å². The number of nitrogens with two attached hydrogens (primary N) is 1. The topological polar surface area (TPSA) is 91.0 Å². The molecule has 2 aromatic rings. The molecule has 1 amide bonds. The van der Waals surface area contributed by atoms with Crippen LogP contribution in [0.25, 0.3) is 0 Å². The Hall–Kier alpha value is -2.78. The van der Waals surface area contributed by atoms with Crippen molar-refractivity contribution in [2.75, 3.05) is 6.61 Å². The van der Waals surface area contributed by atoms with Gasteiger partial charge in [-0.1, -0.05) is 0 Å². The summed E-state index contributed by atoms with van der Waals surface area (Å²) in [5, 5.41) is 0. The largest absolute Gasteiger partial charge is 0.466 e. The van der Waals surface area contributed by atoms with Crippen molar-refractivity contribution in [1.29, 1.82) is 0 Å². The van der Waals surface area contributed by atoms with Gasteiger partial charge in [0, 0.05) is 11.9 Å². The fourth-order valence-electron chi connectivity index (χ4n) is 1.20. The smallest absolute Gasteiger partial charge is 0.422 e. The Kier molecular flexibility index (Phi) is 6.36. The highest BCUT2D eigenvalue weighted by molar-refractivity contribution is 5.90. The first-order valence-electron chi connectivity index (χ1n) is 6.07. The summed E-state index contributed by atoms with van der Waals surface area (Å²) < 4.78 is 52.1. The molecular weight excluding hydrogens is 320 g/mol. The number of ether oxygens (including phenoxy) is 1. The molecule has 2 N–H and O–H groups in total. The van der Waals surface area contributed by atoms with Crippen molar-refractivity contribution in [2.45, 2.75) is 13.1 Å². The van der Waals surface area contributed by atoms with E-state index in [4.69, 9.17) is 5.73 Å². The maximum Gasteiger partial charge on any atom is 0.422 e. The normalized spacial score (nSPS) is 10.5. The summed E-state index contributed by atoms with van der Waals surface area (Å²) in [4.78, 5) is 21.0. The Bertz CT molecular complexity index is 650. The van der Waals surface area contributed by atoms with Crippen molar-refractivity contribution in [2.24, 2.45) is 5.73 Å². The summed E-state index contributed by atoms with van der Waals surface area (Å²) in [7, 11) is 0. The summed E-state index contributed by atoms with van der Waals surface area (Å²) in [6, 6.07) is 3.81. The lowest BCUT2D eigenvalue weighted by Crippen LogP contribution is -2.20. The van der Waals surface area contributed by atoms with Crippen LogP contribution in [-0.2, 0) is 0 Å². The summed E-state index contributed by atoms with van der Waals surface area (Å²) in [6.07, 6.45) is -1.74. The van der Waals surface area contributed by atoms with E-state index >= 15 is 0 Å². The van der Waals surface area contributed by atoms with Crippen LogP contribution in [0.3, 0.4) is 0 Å². The van der Waals surface area contributed by atoms with Gasteiger partial charge in [0.1, 0.15) is 12.0 Å². The number of hydrogen-bond donors (Lipinski definition) is 1. The van der Waals surface area contributed by atoms with Gasteiger partial charge in [-0.05, 0) is 25.1 Å². The van der Waals surface area contributed by atoms with Crippen molar-refractivity contribution in [3.05, 3.63) is 47.9 Å². The van der Waals surface area contributed by atoms with E-state index in [1.165, 1.54) is 31.6 Å². The zero-order chi connectivity index (χ0) is 17.5. The number of primary amides is 1. The van der Waals surface area contributed by atoms with Crippen molar-refractivity contribution in [1.82, 2.24) is 15.0 Å². The predicted octanol–water partition coefficient (Wildman–Crippen LogP) is 2.05. The summed E-state index contributed by atoms with van der Waals surface area (Å²) >= 11 is 0. The van der Waals surface area contributed by atoms with Crippen molar-refractivity contribution in [3.63, 3.8) is 0 Å². The Labute approximate surface area is 128 Å². The van der Waals surface area contributed by atoms with Gasteiger partial charge in [-0.3, -0.25) is 4.79 Å². The number of carbonyl (C=O) groups is 1. The molecule has 0 bridgehead atoms. The molecule has 0 unspecified atom stereocenters. The number of halogens is 4. The van der Waals surface area contributed by atoms with Gasteiger partial charge >= 0.3 is 6.18 Å². The molecule has 124 valence electrons. The molecule has 10 heteroatoms. The molecule has 2 rings (SSSR count). The highest BCUT2D eigenvalue weighted by Crippen LogP contribution is 2.19. The maximum absolute atomic E-state index is 12.8. The van der Waals surface area contributed by atoms with Gasteiger partial charge in [-0.25, -0.2) is 19.3 Å². The van der Waals surface area contributed by atoms with Crippen LogP contribution in [0.4, 0.5) is 17.6 Å². The zero-order valence-corrected chi connectivity index (χ0v) is 11.8. The van der Waals surface area contributed by atoms with Gasteiger partial charge < -0.3 is 10.5 Å². The van der Waals surface area contributed by atoms with Gasteiger partial charge in [0.2, 0.25) is 0 Å². The molecule has 23 heavy (non-hydrogen) atoms. The maximum atomic E-state index is 12.8. The number of pyridine rings is 1. The average Bonchev–Trinajstić information content (AvgIpc) is 2.49. The third kappa shape index (κ3) is 7.16. The molecule has 0 atom stereocenters. The lowest BCUT2D eigenvalue weighted by Gasteiger charge is -2.08. The minimum atomic E-state index is -4.49. The fraction of sp³-hybridized carbons (Fsp3) is 0.231. The van der Waals surface area contributed by atoms with Crippen LogP contribution in [0.15, 0.2) is 30.7 Å². The van der Waals surface area contributed by atoms with Crippen LogP contribution in [0, 0.1) is 12.7 Å². The number of amides is 1. The molecule has 2 aromatic heterocycles. The lowest BCUT2D eigenvalue weighted by atomic mass is 10.4. The second-order valence-corrected chi connectivity index (χ2v) is 4.10. The quantitative estimate of drug-likeness (QED) is 0.869. The number of hydrogen-bond acceptors (Lipinski definition) is 5. The molecule has 0 fully saturated rings. The molecule has 2 heterocycles. The molecule has 0 spiro atoms. The molecule has 6 nitrogen and oxygen atoms in total. The van der Waals surface area contributed by atoms with E-state index in [-0.39, 0.29) is 5.69 Å². The first-order valence-corrected chi connectivity index (χ1v) is 6.07. The SMILES string of the molecule is Cc1ccc(F)c(OCC(F)(F)F)n1.NC(=O)c1ccncn1. The third-order valence-electron chi connectivity index (χ3n) is 2.16. The van der Waals surface area contributed by atoms with Crippen LogP contribution in [-0.4, -0.2) is 33.6 Å². The first kappa shape index (κ1) is 18.3. The molecule has 0 aromatic carbocycles. The van der Waals surface area contributed by atoms with E-state index in [0.717, 1.165) is 6.07 Å². The average molecular weight is 332 g/mol. The Morgan fingerprint density at radius 3 is 2.48 bits per heavy atom. The molecule has 0 radical (unpaired) electrons. The fourth-order valence-corrected chi connectivity index (χ4v) is 1.20. The second-order valence-electron chi connectivity index (χ2n) is 4.10. The summed E-state index contributed by atoms with van der Waals surface area (Å²) in [5.41, 5.74) is 5.52. The van der Waals surface area contributed by atoms with Crippen LogP contribution in [0.1, 0.15) is 16.2 Å². The lowest BCUT2D eigenvalue weighted by molar-refractivity contribution is -0.154. The number of nitrogens with zero attached hydrogens (tertiary/aromatic N) is 3. The van der Waals surface area contributed by atoms with Gasteiger partial charge in [0.15, 0.2) is 12.4 Å². The molecule has 0 aliphatic rings. The molecule has 0 saturated carbocycles. The standard InChI is InChI=1S/C8H7F4NO.C5H5N3O/c1-5-2-3-6(9)7(13-5)14-4-8(10,11)12;6-5(9)4-1-2-7-3-8-4/h2-3H,4H2,1H3;1-3H,(H2,6,9). The van der Waals surface area contributed by atoms with Gasteiger partial charge in [0.05, 0.1) is 0 Å². The van der Waals surface area contributed by atoms with E-state index in [9.17, 15) is 22.4 Å². The van der Waals surface area contributed by atoms with Crippen LogP contribution < -0.4 is 10.5 Å². The monoisotopic (exact) mass is 332 g/mol. The molecular formula is C13H12F4N4O2. The predicted molar refractivity (Wildman–Crippen MR) is 71.0 cm³/mol. The number of alkyl halides is 3. The number of aryl methyl sites for hydroxylation is 1. The van der Waals surface area contributed by atoms with E-state index in [1.807, 2.05) is 0 Å². The highest BCUT2D eigenvalue weighted by Gasteiger charge is 2.29. The number of aromatic nitrogens is 3. The van der Waals surface area contributed by atoms with Gasteiger partial charge in [-0.2, -0.15) is 13.2 Å². The van der Waals surface area contributed by atoms with Crippen molar-refractivity contribution >= 4 is 5.91 Å².